The summed E-state index contributed by atoms with van der Waals surface area (Å²) in [5.74, 6) is 0.477. The van der Waals surface area contributed by atoms with E-state index in [0.29, 0.717) is 5.82 Å². The van der Waals surface area contributed by atoms with Gasteiger partial charge in [-0.05, 0) is 44.0 Å². The molecule has 1 aromatic carbocycles. The molecule has 1 amide bonds. The lowest BCUT2D eigenvalue weighted by Gasteiger charge is -2.29. The quantitative estimate of drug-likeness (QED) is 0.911. The molecular weight excluding hydrogens is 300 g/mol. The third-order valence-electron chi connectivity index (χ3n) is 4.38. The standard InChI is InChI=1S/C19H24N4O/c1-13-10-14(2)18(15(3)11-13)19(24)22-17-5-4-16(12-21-17)23-8-6-20-7-9-23/h4-5,10-12,20H,6-9H2,1-3H3,(H,21,22,24). The van der Waals surface area contributed by atoms with Crippen molar-refractivity contribution in [2.45, 2.75) is 20.8 Å². The van der Waals surface area contributed by atoms with Crippen LogP contribution in [0.4, 0.5) is 11.5 Å². The number of rotatable bonds is 3. The highest BCUT2D eigenvalue weighted by molar-refractivity contribution is 6.05. The van der Waals surface area contributed by atoms with Gasteiger partial charge in [0.25, 0.3) is 5.91 Å². The van der Waals surface area contributed by atoms with Crippen LogP contribution >= 0.6 is 0 Å². The van der Waals surface area contributed by atoms with Gasteiger partial charge in [0.1, 0.15) is 5.82 Å². The third kappa shape index (κ3) is 3.57. The molecule has 0 aliphatic carbocycles. The van der Waals surface area contributed by atoms with Crippen LogP contribution < -0.4 is 15.5 Å². The minimum Gasteiger partial charge on any atom is -0.368 e. The highest BCUT2D eigenvalue weighted by Crippen LogP contribution is 2.19. The summed E-state index contributed by atoms with van der Waals surface area (Å²) in [5, 5.41) is 6.24. The smallest absolute Gasteiger partial charge is 0.257 e. The molecule has 1 aliphatic rings. The summed E-state index contributed by atoms with van der Waals surface area (Å²) >= 11 is 0. The fraction of sp³-hybridized carbons (Fsp3) is 0.368. The molecule has 0 radical (unpaired) electrons. The van der Waals surface area contributed by atoms with Gasteiger partial charge in [0.15, 0.2) is 0 Å². The Balaban J connectivity index is 1.73. The minimum atomic E-state index is -0.104. The van der Waals surface area contributed by atoms with Crippen LogP contribution in [0.15, 0.2) is 30.5 Å². The highest BCUT2D eigenvalue weighted by atomic mass is 16.1. The molecule has 0 atom stereocenters. The molecule has 24 heavy (non-hydrogen) atoms. The molecule has 5 heteroatoms. The van der Waals surface area contributed by atoms with Crippen molar-refractivity contribution in [2.75, 3.05) is 36.4 Å². The maximum Gasteiger partial charge on any atom is 0.257 e. The third-order valence-corrected chi connectivity index (χ3v) is 4.38. The van der Waals surface area contributed by atoms with Gasteiger partial charge in [-0.2, -0.15) is 0 Å². The number of hydrogen-bond donors (Lipinski definition) is 2. The monoisotopic (exact) mass is 324 g/mol. The summed E-state index contributed by atoms with van der Waals surface area (Å²) in [6.45, 7) is 9.92. The molecule has 0 spiro atoms. The average molecular weight is 324 g/mol. The number of nitrogens with zero attached hydrogens (tertiary/aromatic N) is 2. The Bertz CT molecular complexity index is 711. The first-order chi connectivity index (χ1) is 11.5. The number of pyridine rings is 1. The number of hydrogen-bond acceptors (Lipinski definition) is 4. The van der Waals surface area contributed by atoms with Crippen molar-refractivity contribution in [3.8, 4) is 0 Å². The minimum absolute atomic E-state index is 0.104. The van der Waals surface area contributed by atoms with E-state index in [9.17, 15) is 4.79 Å². The van der Waals surface area contributed by atoms with Gasteiger partial charge >= 0.3 is 0 Å². The van der Waals surface area contributed by atoms with Gasteiger partial charge in [-0.25, -0.2) is 4.98 Å². The summed E-state index contributed by atoms with van der Waals surface area (Å²) in [6.07, 6.45) is 1.83. The van der Waals surface area contributed by atoms with Crippen LogP contribution in [0.25, 0.3) is 0 Å². The number of carbonyl (C=O) groups excluding carboxylic acids is 1. The summed E-state index contributed by atoms with van der Waals surface area (Å²) in [4.78, 5) is 19.3. The lowest BCUT2D eigenvalue weighted by Crippen LogP contribution is -2.43. The van der Waals surface area contributed by atoms with E-state index in [1.54, 1.807) is 0 Å². The van der Waals surface area contributed by atoms with Crippen molar-refractivity contribution in [1.29, 1.82) is 0 Å². The second-order valence-electron chi connectivity index (χ2n) is 6.37. The van der Waals surface area contributed by atoms with Gasteiger partial charge < -0.3 is 15.5 Å². The Labute approximate surface area is 143 Å². The molecule has 2 N–H and O–H groups in total. The van der Waals surface area contributed by atoms with E-state index < -0.39 is 0 Å². The van der Waals surface area contributed by atoms with Crippen LogP contribution in [-0.2, 0) is 0 Å². The van der Waals surface area contributed by atoms with E-state index in [1.165, 1.54) is 5.56 Å². The SMILES string of the molecule is Cc1cc(C)c(C(=O)Nc2ccc(N3CCNCC3)cn2)c(C)c1. The van der Waals surface area contributed by atoms with Crippen LogP contribution in [0.1, 0.15) is 27.0 Å². The number of anilines is 2. The normalized spacial score (nSPS) is 14.5. The van der Waals surface area contributed by atoms with Crippen molar-refractivity contribution in [3.63, 3.8) is 0 Å². The second kappa shape index (κ2) is 7.01. The summed E-state index contributed by atoms with van der Waals surface area (Å²) < 4.78 is 0. The fourth-order valence-electron chi connectivity index (χ4n) is 3.29. The average Bonchev–Trinajstić information content (AvgIpc) is 2.55. The lowest BCUT2D eigenvalue weighted by molar-refractivity contribution is 0.102. The first kappa shape index (κ1) is 16.5. The van der Waals surface area contributed by atoms with E-state index in [1.807, 2.05) is 51.2 Å². The van der Waals surface area contributed by atoms with Gasteiger partial charge in [0.2, 0.25) is 0 Å². The molecule has 1 aliphatic heterocycles. The van der Waals surface area contributed by atoms with Gasteiger partial charge in [0, 0.05) is 31.7 Å². The zero-order valence-electron chi connectivity index (χ0n) is 14.5. The Morgan fingerprint density at radius 2 is 1.79 bits per heavy atom. The van der Waals surface area contributed by atoms with Crippen LogP contribution in [0.5, 0.6) is 0 Å². The molecule has 126 valence electrons. The summed E-state index contributed by atoms with van der Waals surface area (Å²) in [7, 11) is 0. The molecule has 2 heterocycles. The number of piperazine rings is 1. The molecular formula is C19H24N4O. The second-order valence-corrected chi connectivity index (χ2v) is 6.37. The van der Waals surface area contributed by atoms with Crippen molar-refractivity contribution >= 4 is 17.4 Å². The van der Waals surface area contributed by atoms with E-state index in [0.717, 1.165) is 48.6 Å². The molecule has 0 saturated carbocycles. The number of aromatic nitrogens is 1. The van der Waals surface area contributed by atoms with Gasteiger partial charge in [-0.15, -0.1) is 0 Å². The molecule has 2 aromatic rings. The number of amides is 1. The predicted molar refractivity (Wildman–Crippen MR) is 97.9 cm³/mol. The topological polar surface area (TPSA) is 57.3 Å². The first-order valence-corrected chi connectivity index (χ1v) is 8.35. The van der Waals surface area contributed by atoms with Gasteiger partial charge in [-0.1, -0.05) is 17.7 Å². The van der Waals surface area contributed by atoms with E-state index >= 15 is 0 Å². The number of nitrogens with one attached hydrogen (secondary N) is 2. The zero-order chi connectivity index (χ0) is 17.1. The lowest BCUT2D eigenvalue weighted by atomic mass is 9.99. The molecule has 5 nitrogen and oxygen atoms in total. The van der Waals surface area contributed by atoms with Crippen LogP contribution in [0.2, 0.25) is 0 Å². The molecule has 0 bridgehead atoms. The Morgan fingerprint density at radius 1 is 1.12 bits per heavy atom. The maximum atomic E-state index is 12.6. The Morgan fingerprint density at radius 3 is 2.38 bits per heavy atom. The number of aryl methyl sites for hydroxylation is 3. The molecule has 1 fully saturated rings. The van der Waals surface area contributed by atoms with Crippen LogP contribution in [0.3, 0.4) is 0 Å². The van der Waals surface area contributed by atoms with E-state index in [2.05, 4.69) is 20.5 Å². The van der Waals surface area contributed by atoms with Gasteiger partial charge in [-0.3, -0.25) is 4.79 Å². The van der Waals surface area contributed by atoms with Crippen molar-refractivity contribution in [2.24, 2.45) is 0 Å². The largest absolute Gasteiger partial charge is 0.368 e. The molecule has 1 aromatic heterocycles. The maximum absolute atomic E-state index is 12.6. The molecule has 0 unspecified atom stereocenters. The number of carbonyl (C=O) groups is 1. The Hall–Kier alpha value is -2.40. The van der Waals surface area contributed by atoms with Crippen molar-refractivity contribution in [3.05, 3.63) is 52.7 Å². The summed E-state index contributed by atoms with van der Waals surface area (Å²) in [5.41, 5.74) is 4.97. The fourth-order valence-corrected chi connectivity index (χ4v) is 3.29. The molecule has 3 rings (SSSR count). The van der Waals surface area contributed by atoms with Crippen LogP contribution in [0, 0.1) is 20.8 Å². The first-order valence-electron chi connectivity index (χ1n) is 8.35. The van der Waals surface area contributed by atoms with Gasteiger partial charge in [0.05, 0.1) is 11.9 Å². The van der Waals surface area contributed by atoms with E-state index in [-0.39, 0.29) is 5.91 Å². The highest BCUT2D eigenvalue weighted by Gasteiger charge is 2.14. The summed E-state index contributed by atoms with van der Waals surface area (Å²) in [6, 6.07) is 7.95. The molecule has 1 saturated heterocycles. The van der Waals surface area contributed by atoms with Crippen molar-refractivity contribution < 1.29 is 4.79 Å². The Kier molecular flexibility index (Phi) is 4.81. The van der Waals surface area contributed by atoms with E-state index in [4.69, 9.17) is 0 Å². The predicted octanol–water partition coefficient (Wildman–Crippen LogP) is 2.67. The van der Waals surface area contributed by atoms with Crippen molar-refractivity contribution in [1.82, 2.24) is 10.3 Å². The number of benzene rings is 1. The zero-order valence-corrected chi connectivity index (χ0v) is 14.5. The van der Waals surface area contributed by atoms with Crippen LogP contribution in [-0.4, -0.2) is 37.1 Å².